The fourth-order valence-corrected chi connectivity index (χ4v) is 4.40. The topological polar surface area (TPSA) is 92.3 Å². The van der Waals surface area contributed by atoms with E-state index in [0.717, 1.165) is 5.69 Å². The molecule has 1 aliphatic rings. The van der Waals surface area contributed by atoms with Gasteiger partial charge in [0.05, 0.1) is 16.4 Å². The summed E-state index contributed by atoms with van der Waals surface area (Å²) >= 11 is 0. The van der Waals surface area contributed by atoms with Crippen LogP contribution in [0.1, 0.15) is 6.42 Å². The van der Waals surface area contributed by atoms with Crippen LogP contribution >= 0.6 is 0 Å². The number of nitrogens with one attached hydrogen (secondary N) is 2. The Hall–Kier alpha value is -1.12. The lowest BCUT2D eigenvalue weighted by Crippen LogP contribution is -2.21. The summed E-state index contributed by atoms with van der Waals surface area (Å²) in [5.74, 6) is 0.334. The van der Waals surface area contributed by atoms with Crippen LogP contribution in [0.3, 0.4) is 0 Å². The van der Waals surface area contributed by atoms with Crippen LogP contribution in [0, 0.1) is 0 Å². The highest BCUT2D eigenvalue weighted by molar-refractivity contribution is 7.91. The summed E-state index contributed by atoms with van der Waals surface area (Å²) in [7, 11) is -5.00. The van der Waals surface area contributed by atoms with Crippen molar-refractivity contribution in [2.24, 2.45) is 0 Å². The van der Waals surface area contributed by atoms with Crippen LogP contribution in [0.25, 0.3) is 0 Å². The Morgan fingerprint density at radius 1 is 1.21 bits per heavy atom. The zero-order valence-corrected chi connectivity index (χ0v) is 12.1. The molecule has 1 heterocycles. The molecule has 0 saturated carbocycles. The SMILES string of the molecule is CNS(=O)(=O)c1ccc(NC2CCS(=O)(=O)C2)cc1. The fraction of sp³-hybridized carbons (Fsp3) is 0.455. The molecule has 0 aromatic heterocycles. The molecule has 106 valence electrons. The zero-order chi connectivity index (χ0) is 14.1. The molecular formula is C11H16N2O4S2. The number of hydrogen-bond donors (Lipinski definition) is 2. The van der Waals surface area contributed by atoms with Crippen LogP contribution in [0.2, 0.25) is 0 Å². The molecule has 1 aromatic rings. The van der Waals surface area contributed by atoms with Gasteiger partial charge in [0.25, 0.3) is 0 Å². The molecule has 0 bridgehead atoms. The molecule has 2 N–H and O–H groups in total. The van der Waals surface area contributed by atoms with Crippen molar-refractivity contribution < 1.29 is 16.8 Å². The summed E-state index contributed by atoms with van der Waals surface area (Å²) in [5.41, 5.74) is 0.720. The maximum Gasteiger partial charge on any atom is 0.240 e. The van der Waals surface area contributed by atoms with Crippen molar-refractivity contribution in [3.63, 3.8) is 0 Å². The van der Waals surface area contributed by atoms with E-state index in [1.807, 2.05) is 0 Å². The molecule has 1 fully saturated rings. The predicted octanol–water partition coefficient (Wildman–Crippen LogP) is 0.194. The summed E-state index contributed by atoms with van der Waals surface area (Å²) in [6, 6.07) is 6.14. The molecule has 1 saturated heterocycles. The van der Waals surface area contributed by atoms with Crippen molar-refractivity contribution in [2.45, 2.75) is 17.4 Å². The van der Waals surface area contributed by atoms with Crippen molar-refractivity contribution in [2.75, 3.05) is 23.9 Å². The van der Waals surface area contributed by atoms with Gasteiger partial charge in [-0.1, -0.05) is 0 Å². The highest BCUT2D eigenvalue weighted by Gasteiger charge is 2.27. The molecule has 1 aliphatic heterocycles. The van der Waals surface area contributed by atoms with Gasteiger partial charge in [-0.2, -0.15) is 0 Å². The Morgan fingerprint density at radius 3 is 2.32 bits per heavy atom. The smallest absolute Gasteiger partial charge is 0.240 e. The van der Waals surface area contributed by atoms with E-state index in [0.29, 0.717) is 6.42 Å². The van der Waals surface area contributed by atoms with Crippen LogP contribution in [0.5, 0.6) is 0 Å². The average Bonchev–Trinajstić information content (AvgIpc) is 2.69. The monoisotopic (exact) mass is 304 g/mol. The highest BCUT2D eigenvalue weighted by atomic mass is 32.2. The van der Waals surface area contributed by atoms with E-state index < -0.39 is 19.9 Å². The summed E-state index contributed by atoms with van der Waals surface area (Å²) < 4.78 is 48.0. The van der Waals surface area contributed by atoms with Gasteiger partial charge in [0.2, 0.25) is 10.0 Å². The maximum atomic E-state index is 11.5. The Morgan fingerprint density at radius 2 is 1.84 bits per heavy atom. The first-order valence-corrected chi connectivity index (χ1v) is 9.13. The molecule has 8 heteroatoms. The second-order valence-electron chi connectivity index (χ2n) is 4.48. The lowest BCUT2D eigenvalue weighted by Gasteiger charge is -2.12. The number of sulfone groups is 1. The minimum absolute atomic E-state index is 0.100. The van der Waals surface area contributed by atoms with E-state index in [4.69, 9.17) is 0 Å². The highest BCUT2D eigenvalue weighted by Crippen LogP contribution is 2.19. The quantitative estimate of drug-likeness (QED) is 0.828. The van der Waals surface area contributed by atoms with E-state index in [-0.39, 0.29) is 22.4 Å². The molecule has 19 heavy (non-hydrogen) atoms. The molecule has 1 unspecified atom stereocenters. The third-order valence-electron chi connectivity index (χ3n) is 3.04. The summed E-state index contributed by atoms with van der Waals surface area (Å²) in [6.07, 6.45) is 0.582. The molecule has 6 nitrogen and oxygen atoms in total. The number of anilines is 1. The van der Waals surface area contributed by atoms with Gasteiger partial charge in [-0.05, 0) is 37.7 Å². The molecule has 0 aliphatic carbocycles. The van der Waals surface area contributed by atoms with Gasteiger partial charge in [0.1, 0.15) is 0 Å². The minimum atomic E-state index is -3.43. The van der Waals surface area contributed by atoms with Gasteiger partial charge < -0.3 is 5.32 Å². The molecule has 2 rings (SSSR count). The van der Waals surface area contributed by atoms with Gasteiger partial charge in [-0.3, -0.25) is 0 Å². The Bertz CT molecular complexity index is 650. The standard InChI is InChI=1S/C11H16N2O4S2/c1-12-19(16,17)11-4-2-9(3-5-11)13-10-6-7-18(14,15)8-10/h2-5,10,12-13H,6-8H2,1H3. The lowest BCUT2D eigenvalue weighted by molar-refractivity contribution is 0.588. The molecule has 0 amide bonds. The maximum absolute atomic E-state index is 11.5. The summed E-state index contributed by atoms with van der Waals surface area (Å²) in [5, 5.41) is 3.10. The Kier molecular flexibility index (Phi) is 3.84. The largest absolute Gasteiger partial charge is 0.381 e. The molecule has 1 aromatic carbocycles. The van der Waals surface area contributed by atoms with Gasteiger partial charge in [-0.15, -0.1) is 0 Å². The lowest BCUT2D eigenvalue weighted by atomic mass is 10.2. The number of benzene rings is 1. The minimum Gasteiger partial charge on any atom is -0.381 e. The molecule has 0 spiro atoms. The van der Waals surface area contributed by atoms with Crippen LogP contribution in [-0.2, 0) is 19.9 Å². The van der Waals surface area contributed by atoms with E-state index in [9.17, 15) is 16.8 Å². The normalized spacial score (nSPS) is 22.3. The van der Waals surface area contributed by atoms with Gasteiger partial charge in [-0.25, -0.2) is 21.6 Å². The molecule has 0 radical (unpaired) electrons. The van der Waals surface area contributed by atoms with E-state index >= 15 is 0 Å². The third-order valence-corrected chi connectivity index (χ3v) is 6.23. The van der Waals surface area contributed by atoms with Crippen molar-refractivity contribution in [3.05, 3.63) is 24.3 Å². The van der Waals surface area contributed by atoms with E-state index in [1.54, 1.807) is 12.1 Å². The van der Waals surface area contributed by atoms with Crippen molar-refractivity contribution in [1.82, 2.24) is 4.72 Å². The number of rotatable bonds is 4. The first-order valence-electron chi connectivity index (χ1n) is 5.83. The first kappa shape index (κ1) is 14.3. The van der Waals surface area contributed by atoms with Crippen molar-refractivity contribution >= 4 is 25.5 Å². The summed E-state index contributed by atoms with van der Waals surface area (Å²) in [4.78, 5) is 0.180. The first-order chi connectivity index (χ1) is 8.82. The molecular weight excluding hydrogens is 288 g/mol. The number of hydrogen-bond acceptors (Lipinski definition) is 5. The van der Waals surface area contributed by atoms with E-state index in [1.165, 1.54) is 19.2 Å². The van der Waals surface area contributed by atoms with Crippen LogP contribution in [0.4, 0.5) is 5.69 Å². The van der Waals surface area contributed by atoms with Crippen molar-refractivity contribution in [1.29, 1.82) is 0 Å². The van der Waals surface area contributed by atoms with Gasteiger partial charge in [0.15, 0.2) is 9.84 Å². The summed E-state index contributed by atoms with van der Waals surface area (Å²) in [6.45, 7) is 0. The van der Waals surface area contributed by atoms with Crippen LogP contribution in [-0.4, -0.2) is 41.4 Å². The second-order valence-corrected chi connectivity index (χ2v) is 8.59. The predicted molar refractivity (Wildman–Crippen MR) is 73.4 cm³/mol. The van der Waals surface area contributed by atoms with Gasteiger partial charge in [0, 0.05) is 11.7 Å². The van der Waals surface area contributed by atoms with Crippen LogP contribution in [0.15, 0.2) is 29.2 Å². The number of sulfonamides is 1. The second kappa shape index (κ2) is 5.10. The van der Waals surface area contributed by atoms with Crippen LogP contribution < -0.4 is 10.0 Å². The third kappa shape index (κ3) is 3.46. The fourth-order valence-electron chi connectivity index (χ4n) is 1.99. The Balaban J connectivity index is 2.08. The van der Waals surface area contributed by atoms with E-state index in [2.05, 4.69) is 10.0 Å². The average molecular weight is 304 g/mol. The van der Waals surface area contributed by atoms with Crippen molar-refractivity contribution in [3.8, 4) is 0 Å². The zero-order valence-electron chi connectivity index (χ0n) is 10.5. The van der Waals surface area contributed by atoms with Gasteiger partial charge >= 0.3 is 0 Å². The molecule has 1 atom stereocenters. The Labute approximate surface area is 113 Å².